The molecule has 0 saturated carbocycles. The van der Waals surface area contributed by atoms with Crippen LogP contribution in [-0.2, 0) is 32.7 Å². The third kappa shape index (κ3) is 9.34. The molecule has 45 heavy (non-hydrogen) atoms. The number of methoxy groups -OCH3 is 1. The van der Waals surface area contributed by atoms with Crippen LogP contribution in [0.15, 0.2) is 95.9 Å². The standard InChI is InChI=1S/C32H30Cl2FN3O6S/c1-21(32(40)36-18-23-5-6-24(33)17-30(23)34)38(19-22-3-11-27(43-2)12-4-22)31(39)20-44-28-13-15-29(16-14-28)45(41,42)37-26-9-7-25(35)8-10-26/h3-17,21,37H,18-20H2,1-2H3,(H,36,40)/t21-/m0/s1. The van der Waals surface area contributed by atoms with E-state index in [4.69, 9.17) is 32.7 Å². The summed E-state index contributed by atoms with van der Waals surface area (Å²) in [7, 11) is -2.40. The van der Waals surface area contributed by atoms with E-state index >= 15 is 0 Å². The maximum absolute atomic E-state index is 13.4. The molecule has 0 radical (unpaired) electrons. The van der Waals surface area contributed by atoms with Gasteiger partial charge in [0.1, 0.15) is 23.4 Å². The molecule has 0 saturated heterocycles. The van der Waals surface area contributed by atoms with Crippen LogP contribution < -0.4 is 19.5 Å². The molecule has 1 atom stereocenters. The Hall–Kier alpha value is -4.32. The van der Waals surface area contributed by atoms with Gasteiger partial charge in [-0.25, -0.2) is 12.8 Å². The summed E-state index contributed by atoms with van der Waals surface area (Å²) < 4.78 is 51.9. The first-order chi connectivity index (χ1) is 21.4. The Morgan fingerprint density at radius 3 is 2.18 bits per heavy atom. The molecule has 0 aliphatic carbocycles. The largest absolute Gasteiger partial charge is 0.497 e. The number of nitrogens with zero attached hydrogens (tertiary/aromatic N) is 1. The lowest BCUT2D eigenvalue weighted by molar-refractivity contribution is -0.142. The zero-order valence-corrected chi connectivity index (χ0v) is 26.6. The average molecular weight is 675 g/mol. The molecule has 0 spiro atoms. The predicted molar refractivity (Wildman–Crippen MR) is 170 cm³/mol. The van der Waals surface area contributed by atoms with Crippen molar-refractivity contribution < 1.29 is 31.9 Å². The van der Waals surface area contributed by atoms with Gasteiger partial charge in [-0.3, -0.25) is 14.3 Å². The van der Waals surface area contributed by atoms with E-state index in [-0.39, 0.29) is 29.4 Å². The number of benzene rings is 4. The SMILES string of the molecule is COc1ccc(CN(C(=O)COc2ccc(S(=O)(=O)Nc3ccc(F)cc3)cc2)[C@@H](C)C(=O)NCc2ccc(Cl)cc2Cl)cc1. The minimum Gasteiger partial charge on any atom is -0.497 e. The zero-order chi connectivity index (χ0) is 32.6. The molecule has 0 aromatic heterocycles. The van der Waals surface area contributed by atoms with Crippen molar-refractivity contribution in [2.45, 2.75) is 31.0 Å². The van der Waals surface area contributed by atoms with Crippen molar-refractivity contribution in [3.8, 4) is 11.5 Å². The average Bonchev–Trinajstić information content (AvgIpc) is 3.03. The number of carbonyl (C=O) groups is 2. The van der Waals surface area contributed by atoms with Crippen molar-refractivity contribution in [2.75, 3.05) is 18.4 Å². The van der Waals surface area contributed by atoms with E-state index in [0.717, 1.165) is 17.7 Å². The van der Waals surface area contributed by atoms with E-state index < -0.39 is 40.3 Å². The van der Waals surface area contributed by atoms with Crippen LogP contribution >= 0.6 is 23.2 Å². The van der Waals surface area contributed by atoms with Gasteiger partial charge in [-0.2, -0.15) is 0 Å². The Labute approximate surface area is 270 Å². The van der Waals surface area contributed by atoms with E-state index in [0.29, 0.717) is 21.4 Å². The van der Waals surface area contributed by atoms with Crippen LogP contribution in [0.1, 0.15) is 18.1 Å². The Balaban J connectivity index is 1.43. The molecule has 2 N–H and O–H groups in total. The third-order valence-corrected chi connectivity index (χ3v) is 8.72. The fourth-order valence-electron chi connectivity index (χ4n) is 4.18. The summed E-state index contributed by atoms with van der Waals surface area (Å²) in [5.41, 5.74) is 1.62. The van der Waals surface area contributed by atoms with Crippen LogP contribution in [0.3, 0.4) is 0 Å². The lowest BCUT2D eigenvalue weighted by Gasteiger charge is -2.29. The summed E-state index contributed by atoms with van der Waals surface area (Å²) in [5, 5.41) is 3.68. The van der Waals surface area contributed by atoms with E-state index in [1.807, 2.05) is 0 Å². The topological polar surface area (TPSA) is 114 Å². The second-order valence-corrected chi connectivity index (χ2v) is 12.4. The highest BCUT2D eigenvalue weighted by molar-refractivity contribution is 7.92. The smallest absolute Gasteiger partial charge is 0.261 e. The van der Waals surface area contributed by atoms with Crippen molar-refractivity contribution in [3.05, 3.63) is 118 Å². The van der Waals surface area contributed by atoms with Gasteiger partial charge in [0.15, 0.2) is 6.61 Å². The Morgan fingerprint density at radius 2 is 1.56 bits per heavy atom. The van der Waals surface area contributed by atoms with Gasteiger partial charge in [-0.05, 0) is 90.8 Å². The van der Waals surface area contributed by atoms with Gasteiger partial charge in [-0.15, -0.1) is 0 Å². The number of rotatable bonds is 13. The molecule has 0 unspecified atom stereocenters. The number of anilines is 1. The molecule has 4 rings (SSSR count). The molecule has 0 fully saturated rings. The summed E-state index contributed by atoms with van der Waals surface area (Å²) in [6.45, 7) is 1.42. The Morgan fingerprint density at radius 1 is 0.911 bits per heavy atom. The monoisotopic (exact) mass is 673 g/mol. The normalized spacial score (nSPS) is 11.8. The Bertz CT molecular complexity index is 1740. The quantitative estimate of drug-likeness (QED) is 0.179. The minimum absolute atomic E-state index is 0.0577. The summed E-state index contributed by atoms with van der Waals surface area (Å²) in [5.74, 6) is -0.500. The summed E-state index contributed by atoms with van der Waals surface area (Å²) in [4.78, 5) is 27.9. The van der Waals surface area contributed by atoms with Crippen molar-refractivity contribution >= 4 is 50.7 Å². The molecule has 0 bridgehead atoms. The number of hydrogen-bond acceptors (Lipinski definition) is 6. The van der Waals surface area contributed by atoms with Gasteiger partial charge in [0.2, 0.25) is 5.91 Å². The fraction of sp³-hybridized carbons (Fsp3) is 0.188. The van der Waals surface area contributed by atoms with Gasteiger partial charge >= 0.3 is 0 Å². The number of amides is 2. The minimum atomic E-state index is -3.95. The van der Waals surface area contributed by atoms with Gasteiger partial charge in [0.05, 0.1) is 12.0 Å². The molecule has 0 heterocycles. The second-order valence-electron chi connectivity index (χ2n) is 9.87. The molecule has 0 aliphatic rings. The highest BCUT2D eigenvalue weighted by Gasteiger charge is 2.27. The van der Waals surface area contributed by atoms with Gasteiger partial charge in [0, 0.05) is 28.8 Å². The molecule has 236 valence electrons. The number of hydrogen-bond donors (Lipinski definition) is 2. The molecular weight excluding hydrogens is 644 g/mol. The zero-order valence-electron chi connectivity index (χ0n) is 24.3. The van der Waals surface area contributed by atoms with Crippen LogP contribution in [0.4, 0.5) is 10.1 Å². The van der Waals surface area contributed by atoms with Crippen LogP contribution in [0, 0.1) is 5.82 Å². The molecule has 0 aliphatic heterocycles. The number of carbonyl (C=O) groups excluding carboxylic acids is 2. The molecule has 4 aromatic carbocycles. The highest BCUT2D eigenvalue weighted by Crippen LogP contribution is 2.22. The maximum atomic E-state index is 13.4. The van der Waals surface area contributed by atoms with Crippen LogP contribution in [0.5, 0.6) is 11.5 Å². The van der Waals surface area contributed by atoms with Crippen LogP contribution in [-0.4, -0.2) is 44.9 Å². The Kier molecular flexibility index (Phi) is 11.3. The summed E-state index contributed by atoms with van der Waals surface area (Å²) in [6, 6.07) is 21.5. The number of nitrogens with one attached hydrogen (secondary N) is 2. The van der Waals surface area contributed by atoms with Gasteiger partial charge in [0.25, 0.3) is 15.9 Å². The van der Waals surface area contributed by atoms with Crippen molar-refractivity contribution in [1.82, 2.24) is 10.2 Å². The number of halogens is 3. The maximum Gasteiger partial charge on any atom is 0.261 e. The van der Waals surface area contributed by atoms with E-state index in [1.165, 1.54) is 41.3 Å². The van der Waals surface area contributed by atoms with Crippen LogP contribution in [0.2, 0.25) is 10.0 Å². The molecule has 2 amide bonds. The van der Waals surface area contributed by atoms with Crippen molar-refractivity contribution in [1.29, 1.82) is 0 Å². The highest BCUT2D eigenvalue weighted by atomic mass is 35.5. The van der Waals surface area contributed by atoms with Crippen molar-refractivity contribution in [3.63, 3.8) is 0 Å². The van der Waals surface area contributed by atoms with Crippen LogP contribution in [0.25, 0.3) is 0 Å². The third-order valence-electron chi connectivity index (χ3n) is 6.74. The first kappa shape index (κ1) is 33.6. The first-order valence-corrected chi connectivity index (χ1v) is 15.8. The summed E-state index contributed by atoms with van der Waals surface area (Å²) in [6.07, 6.45) is 0. The lowest BCUT2D eigenvalue weighted by Crippen LogP contribution is -2.48. The molecular formula is C32H30Cl2FN3O6S. The second kappa shape index (κ2) is 15.1. The van der Waals surface area contributed by atoms with Gasteiger partial charge in [-0.1, -0.05) is 41.4 Å². The molecule has 9 nitrogen and oxygen atoms in total. The summed E-state index contributed by atoms with van der Waals surface area (Å²) >= 11 is 12.2. The number of ether oxygens (including phenoxy) is 2. The molecule has 13 heteroatoms. The number of sulfonamides is 1. The lowest BCUT2D eigenvalue weighted by atomic mass is 10.1. The fourth-order valence-corrected chi connectivity index (χ4v) is 5.71. The molecule has 4 aromatic rings. The van der Waals surface area contributed by atoms with Crippen molar-refractivity contribution in [2.24, 2.45) is 0 Å². The first-order valence-electron chi connectivity index (χ1n) is 13.6. The van der Waals surface area contributed by atoms with E-state index in [2.05, 4.69) is 10.0 Å². The van der Waals surface area contributed by atoms with Gasteiger partial charge < -0.3 is 19.7 Å². The predicted octanol–water partition coefficient (Wildman–Crippen LogP) is 6.05. The van der Waals surface area contributed by atoms with E-state index in [1.54, 1.807) is 56.5 Å². The van der Waals surface area contributed by atoms with E-state index in [9.17, 15) is 22.4 Å².